The van der Waals surface area contributed by atoms with E-state index in [1.807, 2.05) is 48.5 Å². The highest BCUT2D eigenvalue weighted by Crippen LogP contribution is 2.49. The van der Waals surface area contributed by atoms with E-state index in [-0.39, 0.29) is 35.5 Å². The van der Waals surface area contributed by atoms with Gasteiger partial charge in [0.15, 0.2) is 0 Å². The summed E-state index contributed by atoms with van der Waals surface area (Å²) in [5.74, 6) is -0.559. The van der Waals surface area contributed by atoms with Gasteiger partial charge in [-0.2, -0.15) is 0 Å². The molecule has 0 saturated heterocycles. The smallest absolute Gasteiger partial charge is 0.228 e. The largest absolute Gasteiger partial charge is 0.325 e. The second-order valence-electron chi connectivity index (χ2n) is 6.94. The number of hydrogen-bond donors (Lipinski definition) is 2. The van der Waals surface area contributed by atoms with E-state index in [4.69, 9.17) is 0 Å². The van der Waals surface area contributed by atoms with Gasteiger partial charge in [0.2, 0.25) is 11.8 Å². The molecule has 1 fully saturated rings. The van der Waals surface area contributed by atoms with Crippen molar-refractivity contribution in [1.29, 1.82) is 0 Å². The molecule has 0 spiro atoms. The summed E-state index contributed by atoms with van der Waals surface area (Å²) in [4.78, 5) is 26.1. The van der Waals surface area contributed by atoms with E-state index in [0.717, 1.165) is 24.9 Å². The number of rotatable bonds is 4. The van der Waals surface area contributed by atoms with Crippen LogP contribution in [0.2, 0.25) is 0 Å². The topological polar surface area (TPSA) is 58.2 Å². The molecule has 0 aliphatic heterocycles. The molecular weight excluding hydrogens is 566 g/mol. The quantitative estimate of drug-likeness (QED) is 0.397. The Morgan fingerprint density at radius 2 is 1.15 bits per heavy atom. The minimum Gasteiger partial charge on any atom is -0.325 e. The van der Waals surface area contributed by atoms with Crippen molar-refractivity contribution in [3.8, 4) is 0 Å². The minimum absolute atomic E-state index is 0.0705. The molecule has 4 atom stereocenters. The van der Waals surface area contributed by atoms with Crippen molar-refractivity contribution in [3.05, 3.63) is 67.8 Å². The Morgan fingerprint density at radius 3 is 1.56 bits per heavy atom. The molecule has 2 aliphatic carbocycles. The third kappa shape index (κ3) is 3.78. The van der Waals surface area contributed by atoms with Crippen LogP contribution in [0, 0.1) is 30.8 Å². The minimum atomic E-state index is -0.336. The Morgan fingerprint density at radius 1 is 0.741 bits per heavy atom. The van der Waals surface area contributed by atoms with Gasteiger partial charge in [0, 0.05) is 7.14 Å². The average molecular weight is 584 g/mol. The Labute approximate surface area is 185 Å². The number of carbonyl (C=O) groups is 2. The molecule has 138 valence electrons. The number of anilines is 2. The fraction of sp³-hybridized carbons (Fsp3) is 0.238. The maximum atomic E-state index is 13.1. The predicted octanol–water partition coefficient (Wildman–Crippen LogP) is 4.91. The van der Waals surface area contributed by atoms with Gasteiger partial charge in [-0.25, -0.2) is 0 Å². The van der Waals surface area contributed by atoms with E-state index < -0.39 is 0 Å². The van der Waals surface area contributed by atoms with Gasteiger partial charge in [0.05, 0.1) is 23.2 Å². The molecule has 6 heteroatoms. The molecule has 2 bridgehead atoms. The Kier molecular flexibility index (Phi) is 5.54. The van der Waals surface area contributed by atoms with Crippen LogP contribution >= 0.6 is 45.2 Å². The van der Waals surface area contributed by atoms with Crippen LogP contribution in [0.1, 0.15) is 6.42 Å². The van der Waals surface area contributed by atoms with Gasteiger partial charge in [-0.3, -0.25) is 9.59 Å². The van der Waals surface area contributed by atoms with Crippen LogP contribution in [0.5, 0.6) is 0 Å². The molecule has 1 saturated carbocycles. The highest BCUT2D eigenvalue weighted by Gasteiger charge is 2.51. The average Bonchev–Trinajstić information content (AvgIpc) is 3.27. The van der Waals surface area contributed by atoms with Crippen LogP contribution in [-0.4, -0.2) is 11.8 Å². The van der Waals surface area contributed by atoms with Crippen molar-refractivity contribution in [2.24, 2.45) is 23.7 Å². The molecule has 2 aliphatic rings. The molecule has 2 aromatic rings. The Hall–Kier alpha value is -1.42. The molecule has 4 rings (SSSR count). The summed E-state index contributed by atoms with van der Waals surface area (Å²) in [5, 5.41) is 6.07. The summed E-state index contributed by atoms with van der Waals surface area (Å²) in [6.07, 6.45) is 5.07. The van der Waals surface area contributed by atoms with Gasteiger partial charge in [-0.15, -0.1) is 0 Å². The van der Waals surface area contributed by atoms with Crippen molar-refractivity contribution in [2.75, 3.05) is 10.6 Å². The summed E-state index contributed by atoms with van der Waals surface area (Å²) in [6, 6.07) is 15.4. The third-order valence-corrected chi connectivity index (χ3v) is 7.21. The van der Waals surface area contributed by atoms with E-state index in [2.05, 4.69) is 68.0 Å². The van der Waals surface area contributed by atoms with E-state index in [9.17, 15) is 9.59 Å². The first-order valence-corrected chi connectivity index (χ1v) is 11.0. The molecule has 0 unspecified atom stereocenters. The SMILES string of the molecule is O=C(Nc1ccccc1I)[C@@H]1[C@H](C(=O)Nc2ccccc2I)[C@@H]2C=C[C@H]1C2. The molecule has 0 heterocycles. The van der Waals surface area contributed by atoms with Crippen molar-refractivity contribution in [1.82, 2.24) is 0 Å². The Balaban J connectivity index is 1.55. The van der Waals surface area contributed by atoms with E-state index in [1.54, 1.807) is 0 Å². The highest BCUT2D eigenvalue weighted by atomic mass is 127. The number of benzene rings is 2. The monoisotopic (exact) mass is 584 g/mol. The highest BCUT2D eigenvalue weighted by molar-refractivity contribution is 14.1. The van der Waals surface area contributed by atoms with Crippen molar-refractivity contribution < 1.29 is 9.59 Å². The van der Waals surface area contributed by atoms with Crippen molar-refractivity contribution in [3.63, 3.8) is 0 Å². The second kappa shape index (κ2) is 7.90. The standard InChI is InChI=1S/C21H18I2N2O2/c22-14-5-1-3-7-16(14)24-20(26)18-12-9-10-13(11-12)19(18)21(27)25-17-8-4-2-6-15(17)23/h1-10,12-13,18-19H,11H2,(H,24,26)(H,25,27)/t12-,13+,18-,19+. The zero-order valence-corrected chi connectivity index (χ0v) is 18.7. The molecule has 0 radical (unpaired) electrons. The van der Waals surface area contributed by atoms with Crippen LogP contribution in [0.3, 0.4) is 0 Å². The van der Waals surface area contributed by atoms with Crippen LogP contribution < -0.4 is 10.6 Å². The molecule has 2 amide bonds. The van der Waals surface area contributed by atoms with Gasteiger partial charge >= 0.3 is 0 Å². The molecule has 4 nitrogen and oxygen atoms in total. The molecule has 0 aromatic heterocycles. The fourth-order valence-corrected chi connectivity index (χ4v) is 5.14. The Bertz CT molecular complexity index is 854. The van der Waals surface area contributed by atoms with Crippen molar-refractivity contribution >= 4 is 68.4 Å². The summed E-state index contributed by atoms with van der Waals surface area (Å²) in [7, 11) is 0. The van der Waals surface area contributed by atoms with Crippen LogP contribution in [0.15, 0.2) is 60.7 Å². The van der Waals surface area contributed by atoms with Gasteiger partial charge < -0.3 is 10.6 Å². The predicted molar refractivity (Wildman–Crippen MR) is 123 cm³/mol. The lowest BCUT2D eigenvalue weighted by atomic mass is 9.81. The number of carbonyl (C=O) groups excluding carboxylic acids is 2. The molecular formula is C21H18I2N2O2. The maximum absolute atomic E-state index is 13.1. The van der Waals surface area contributed by atoms with E-state index >= 15 is 0 Å². The number of allylic oxidation sites excluding steroid dienone is 2. The number of nitrogens with one attached hydrogen (secondary N) is 2. The zero-order chi connectivity index (χ0) is 19.0. The third-order valence-electron chi connectivity index (χ3n) is 5.33. The van der Waals surface area contributed by atoms with E-state index in [1.165, 1.54) is 0 Å². The normalized spacial score (nSPS) is 25.4. The van der Waals surface area contributed by atoms with Gasteiger partial charge in [0.25, 0.3) is 0 Å². The zero-order valence-electron chi connectivity index (χ0n) is 14.4. The van der Waals surface area contributed by atoms with Crippen LogP contribution in [-0.2, 0) is 9.59 Å². The molecule has 27 heavy (non-hydrogen) atoms. The molecule has 2 aromatic carbocycles. The summed E-state index contributed by atoms with van der Waals surface area (Å²) in [5.41, 5.74) is 1.60. The fourth-order valence-electron chi connectivity index (χ4n) is 4.09. The van der Waals surface area contributed by atoms with Gasteiger partial charge in [0.1, 0.15) is 0 Å². The maximum Gasteiger partial charge on any atom is 0.228 e. The number of para-hydroxylation sites is 2. The second-order valence-corrected chi connectivity index (χ2v) is 9.26. The van der Waals surface area contributed by atoms with Crippen LogP contribution in [0.25, 0.3) is 0 Å². The number of amides is 2. The first-order chi connectivity index (χ1) is 13.0. The summed E-state index contributed by atoms with van der Waals surface area (Å²) >= 11 is 4.42. The summed E-state index contributed by atoms with van der Waals surface area (Å²) < 4.78 is 1.98. The lowest BCUT2D eigenvalue weighted by Crippen LogP contribution is -2.39. The number of hydrogen-bond acceptors (Lipinski definition) is 2. The molecule has 2 N–H and O–H groups in total. The van der Waals surface area contributed by atoms with E-state index in [0.29, 0.717) is 0 Å². The van der Waals surface area contributed by atoms with Crippen LogP contribution in [0.4, 0.5) is 11.4 Å². The van der Waals surface area contributed by atoms with Gasteiger partial charge in [-0.1, -0.05) is 36.4 Å². The lowest BCUT2D eigenvalue weighted by molar-refractivity contribution is -0.129. The summed E-state index contributed by atoms with van der Waals surface area (Å²) in [6.45, 7) is 0. The lowest BCUT2D eigenvalue weighted by Gasteiger charge is -2.26. The first-order valence-electron chi connectivity index (χ1n) is 8.83. The van der Waals surface area contributed by atoms with Crippen molar-refractivity contribution in [2.45, 2.75) is 6.42 Å². The van der Waals surface area contributed by atoms with Gasteiger partial charge in [-0.05, 0) is 87.7 Å². The number of halogens is 2. The first kappa shape index (κ1) is 18.9. The number of fused-ring (bicyclic) bond motifs is 2.